The summed E-state index contributed by atoms with van der Waals surface area (Å²) in [4.78, 5) is 38.9. The highest BCUT2D eigenvalue weighted by atomic mass is 32.1. The number of piperidine rings is 1. The first-order chi connectivity index (χ1) is 17.6. The normalized spacial score (nSPS) is 20.8. The van der Waals surface area contributed by atoms with Gasteiger partial charge < -0.3 is 24.8 Å². The van der Waals surface area contributed by atoms with Crippen LogP contribution in [-0.2, 0) is 4.74 Å². The Labute approximate surface area is 214 Å². The van der Waals surface area contributed by atoms with Crippen molar-refractivity contribution in [1.29, 1.82) is 0 Å². The van der Waals surface area contributed by atoms with E-state index in [-0.39, 0.29) is 5.91 Å². The molecule has 0 bridgehead atoms. The van der Waals surface area contributed by atoms with E-state index in [0.717, 1.165) is 79.8 Å². The van der Waals surface area contributed by atoms with E-state index in [1.807, 2.05) is 6.07 Å². The number of nitrogens with zero attached hydrogens (tertiary/aromatic N) is 7. The third-order valence-electron chi connectivity index (χ3n) is 7.12. The van der Waals surface area contributed by atoms with Crippen molar-refractivity contribution in [3.05, 3.63) is 24.0 Å². The first kappa shape index (κ1) is 23.4. The molecule has 190 valence electrons. The number of rotatable bonds is 5. The van der Waals surface area contributed by atoms with Gasteiger partial charge in [0.2, 0.25) is 5.95 Å². The second kappa shape index (κ2) is 10.1. The molecule has 0 radical (unpaired) electrons. The molecule has 1 atom stereocenters. The zero-order valence-corrected chi connectivity index (χ0v) is 21.5. The van der Waals surface area contributed by atoms with Gasteiger partial charge in [0.25, 0.3) is 5.91 Å². The second-order valence-electron chi connectivity index (χ2n) is 9.86. The van der Waals surface area contributed by atoms with E-state index in [1.54, 1.807) is 23.6 Å². The van der Waals surface area contributed by atoms with Gasteiger partial charge in [-0.25, -0.2) is 15.0 Å². The molecule has 3 saturated heterocycles. The maximum atomic E-state index is 13.4. The Morgan fingerprint density at radius 2 is 1.86 bits per heavy atom. The van der Waals surface area contributed by atoms with Gasteiger partial charge in [0, 0.05) is 45.5 Å². The van der Waals surface area contributed by atoms with Crippen molar-refractivity contribution in [3.63, 3.8) is 0 Å². The van der Waals surface area contributed by atoms with Crippen LogP contribution in [0.15, 0.2) is 18.3 Å². The van der Waals surface area contributed by atoms with E-state index < -0.39 is 0 Å². The van der Waals surface area contributed by atoms with Crippen LogP contribution in [0, 0.1) is 5.92 Å². The molecule has 36 heavy (non-hydrogen) atoms. The highest BCUT2D eigenvalue weighted by Gasteiger charge is 2.24. The fourth-order valence-electron chi connectivity index (χ4n) is 5.10. The lowest BCUT2D eigenvalue weighted by atomic mass is 10.1. The van der Waals surface area contributed by atoms with Gasteiger partial charge in [-0.3, -0.25) is 4.79 Å². The highest BCUT2D eigenvalue weighted by Crippen LogP contribution is 2.35. The molecule has 0 aromatic carbocycles. The summed E-state index contributed by atoms with van der Waals surface area (Å²) in [6, 6.07) is 3.70. The number of morpholine rings is 1. The highest BCUT2D eigenvalue weighted by molar-refractivity contribution is 7.22. The monoisotopic (exact) mass is 508 g/mol. The molecule has 10 nitrogen and oxygen atoms in total. The minimum Gasteiger partial charge on any atom is -0.378 e. The molecular weight excluding hydrogens is 476 g/mol. The molecule has 1 amide bonds. The van der Waals surface area contributed by atoms with Crippen molar-refractivity contribution in [1.82, 2.24) is 19.9 Å². The van der Waals surface area contributed by atoms with Gasteiger partial charge in [-0.1, -0.05) is 18.3 Å². The molecule has 6 heterocycles. The summed E-state index contributed by atoms with van der Waals surface area (Å²) in [5, 5.41) is 4.08. The van der Waals surface area contributed by atoms with E-state index in [4.69, 9.17) is 14.7 Å². The fourth-order valence-corrected chi connectivity index (χ4v) is 6.10. The minimum atomic E-state index is -0.247. The number of nitrogens with one attached hydrogen (secondary N) is 1. The van der Waals surface area contributed by atoms with E-state index in [9.17, 15) is 4.79 Å². The van der Waals surface area contributed by atoms with Crippen LogP contribution in [-0.4, -0.2) is 78.3 Å². The molecule has 1 unspecified atom stereocenters. The summed E-state index contributed by atoms with van der Waals surface area (Å²) in [7, 11) is 0. The minimum absolute atomic E-state index is 0.247. The molecule has 3 aliphatic rings. The fraction of sp³-hybridized carbons (Fsp3) is 0.560. The molecule has 3 aromatic rings. The molecule has 1 N–H and O–H groups in total. The maximum Gasteiger partial charge on any atom is 0.274 e. The average Bonchev–Trinajstić information content (AvgIpc) is 3.55. The van der Waals surface area contributed by atoms with E-state index in [2.05, 4.69) is 36.9 Å². The van der Waals surface area contributed by atoms with Crippen molar-refractivity contribution < 1.29 is 9.53 Å². The smallest absolute Gasteiger partial charge is 0.274 e. The first-order valence-corrected chi connectivity index (χ1v) is 13.7. The molecular formula is C25H32N8O2S. The van der Waals surface area contributed by atoms with Crippen LogP contribution in [0.3, 0.4) is 0 Å². The lowest BCUT2D eigenvalue weighted by molar-refractivity contribution is 0.102. The number of thiazole rings is 1. The lowest BCUT2D eigenvalue weighted by Crippen LogP contribution is -2.36. The Morgan fingerprint density at radius 3 is 2.64 bits per heavy atom. The number of carbonyl (C=O) groups excluding carboxylic acids is 1. The van der Waals surface area contributed by atoms with Crippen molar-refractivity contribution in [2.45, 2.75) is 32.6 Å². The summed E-state index contributed by atoms with van der Waals surface area (Å²) in [5.41, 5.74) is 1.80. The van der Waals surface area contributed by atoms with Crippen molar-refractivity contribution in [2.75, 3.05) is 72.5 Å². The maximum absolute atomic E-state index is 13.4. The number of fused-ring (bicyclic) bond motifs is 1. The van der Waals surface area contributed by atoms with Gasteiger partial charge in [0.05, 0.1) is 23.6 Å². The Hall–Kier alpha value is -3.05. The molecule has 3 fully saturated rings. The Balaban J connectivity index is 1.30. The average molecular weight is 509 g/mol. The van der Waals surface area contributed by atoms with Crippen molar-refractivity contribution in [3.8, 4) is 0 Å². The van der Waals surface area contributed by atoms with E-state index in [0.29, 0.717) is 36.5 Å². The standard InChI is InChI=1S/C25H32N8O2S/c1-17-6-10-33(16-17)24-26-7-5-18(28-24)23(34)27-19-15-20-21(29-22(19)31-8-3-2-4-9-31)30-25(36-20)32-11-13-35-14-12-32/h5,7,15,17H,2-4,6,8-14,16H2,1H3,(H,27,34). The summed E-state index contributed by atoms with van der Waals surface area (Å²) in [6.45, 7) is 8.99. The summed E-state index contributed by atoms with van der Waals surface area (Å²) in [6.07, 6.45) is 6.24. The summed E-state index contributed by atoms with van der Waals surface area (Å²) < 4.78 is 6.46. The van der Waals surface area contributed by atoms with Gasteiger partial charge >= 0.3 is 0 Å². The Morgan fingerprint density at radius 1 is 1.03 bits per heavy atom. The Kier molecular flexibility index (Phi) is 6.58. The lowest BCUT2D eigenvalue weighted by Gasteiger charge is -2.29. The van der Waals surface area contributed by atoms with Crippen LogP contribution in [0.4, 0.5) is 22.6 Å². The van der Waals surface area contributed by atoms with Crippen LogP contribution in [0.25, 0.3) is 10.3 Å². The van der Waals surface area contributed by atoms with Crippen LogP contribution < -0.4 is 20.0 Å². The number of carbonyl (C=O) groups is 1. The van der Waals surface area contributed by atoms with Gasteiger partial charge in [-0.05, 0) is 43.7 Å². The molecule has 11 heteroatoms. The number of amides is 1. The van der Waals surface area contributed by atoms with E-state index >= 15 is 0 Å². The van der Waals surface area contributed by atoms with Gasteiger partial charge in [-0.15, -0.1) is 0 Å². The number of anilines is 4. The van der Waals surface area contributed by atoms with Gasteiger partial charge in [0.1, 0.15) is 5.69 Å². The third-order valence-corrected chi connectivity index (χ3v) is 8.17. The number of hydrogen-bond donors (Lipinski definition) is 1. The molecule has 3 aromatic heterocycles. The quantitative estimate of drug-likeness (QED) is 0.556. The van der Waals surface area contributed by atoms with Crippen LogP contribution >= 0.6 is 11.3 Å². The molecule has 0 spiro atoms. The Bertz CT molecular complexity index is 1240. The number of pyridine rings is 1. The predicted molar refractivity (Wildman–Crippen MR) is 142 cm³/mol. The van der Waals surface area contributed by atoms with Crippen molar-refractivity contribution in [2.24, 2.45) is 5.92 Å². The SMILES string of the molecule is CC1CCN(c2nccc(C(=O)Nc3cc4sc(N5CCOCC5)nc4nc3N3CCCCC3)n2)C1. The predicted octanol–water partition coefficient (Wildman–Crippen LogP) is 3.41. The summed E-state index contributed by atoms with van der Waals surface area (Å²) >= 11 is 1.61. The third kappa shape index (κ3) is 4.81. The molecule has 3 aliphatic heterocycles. The second-order valence-corrected chi connectivity index (χ2v) is 10.9. The van der Waals surface area contributed by atoms with Gasteiger partial charge in [0.15, 0.2) is 16.6 Å². The van der Waals surface area contributed by atoms with E-state index in [1.165, 1.54) is 6.42 Å². The zero-order valence-electron chi connectivity index (χ0n) is 20.6. The van der Waals surface area contributed by atoms with Crippen LogP contribution in [0.5, 0.6) is 0 Å². The van der Waals surface area contributed by atoms with Crippen LogP contribution in [0.1, 0.15) is 43.1 Å². The van der Waals surface area contributed by atoms with Crippen molar-refractivity contribution >= 4 is 50.2 Å². The molecule has 0 saturated carbocycles. The molecule has 0 aliphatic carbocycles. The number of aromatic nitrogens is 4. The number of hydrogen-bond acceptors (Lipinski definition) is 10. The summed E-state index contributed by atoms with van der Waals surface area (Å²) in [5.74, 6) is 1.77. The van der Waals surface area contributed by atoms with Crippen LogP contribution in [0.2, 0.25) is 0 Å². The first-order valence-electron chi connectivity index (χ1n) is 12.9. The zero-order chi connectivity index (χ0) is 24.5. The topological polar surface area (TPSA) is 99.6 Å². The number of ether oxygens (including phenoxy) is 1. The van der Waals surface area contributed by atoms with Gasteiger partial charge in [-0.2, -0.15) is 4.98 Å². The molecule has 6 rings (SSSR count). The largest absolute Gasteiger partial charge is 0.378 e.